The van der Waals surface area contributed by atoms with Crippen molar-refractivity contribution < 1.29 is 9.90 Å². The molecule has 6 nitrogen and oxygen atoms in total. The van der Waals surface area contributed by atoms with Gasteiger partial charge in [-0.3, -0.25) is 9.59 Å². The summed E-state index contributed by atoms with van der Waals surface area (Å²) in [7, 11) is 0. The molecule has 2 aromatic carbocycles. The Morgan fingerprint density at radius 2 is 1.89 bits per heavy atom. The third-order valence-electron chi connectivity index (χ3n) is 4.22. The van der Waals surface area contributed by atoms with Crippen LogP contribution in [0.5, 0.6) is 5.75 Å². The highest BCUT2D eigenvalue weighted by Gasteiger charge is 2.22. The molecule has 1 amide bonds. The molecule has 0 atom stereocenters. The van der Waals surface area contributed by atoms with Crippen molar-refractivity contribution in [3.63, 3.8) is 0 Å². The lowest BCUT2D eigenvalue weighted by atomic mass is 10.1. The van der Waals surface area contributed by atoms with Crippen LogP contribution < -0.4 is 10.9 Å². The van der Waals surface area contributed by atoms with Crippen LogP contribution in [-0.2, 0) is 13.1 Å². The van der Waals surface area contributed by atoms with Crippen LogP contribution >= 0.6 is 11.6 Å². The minimum Gasteiger partial charge on any atom is -0.506 e. The summed E-state index contributed by atoms with van der Waals surface area (Å²) < 4.78 is 1.34. The summed E-state index contributed by atoms with van der Waals surface area (Å²) in [6, 6.07) is 15.7. The molecule has 0 spiro atoms. The Bertz CT molecular complexity index is 1120. The first-order valence-electron chi connectivity index (χ1n) is 8.27. The summed E-state index contributed by atoms with van der Waals surface area (Å²) in [6.45, 7) is 0.239. The van der Waals surface area contributed by atoms with Crippen molar-refractivity contribution >= 4 is 28.4 Å². The van der Waals surface area contributed by atoms with Crippen molar-refractivity contribution in [3.8, 4) is 11.8 Å². The summed E-state index contributed by atoms with van der Waals surface area (Å²) >= 11 is 6.08. The number of amides is 1. The summed E-state index contributed by atoms with van der Waals surface area (Å²) in [4.78, 5) is 25.5. The van der Waals surface area contributed by atoms with Crippen molar-refractivity contribution in [2.75, 3.05) is 0 Å². The number of hydrogen-bond donors (Lipinski definition) is 2. The molecule has 0 radical (unpaired) electrons. The van der Waals surface area contributed by atoms with Gasteiger partial charge in [-0.25, -0.2) is 0 Å². The molecule has 0 saturated carbocycles. The number of carbonyl (C=O) groups is 1. The molecule has 0 aliphatic carbocycles. The average Bonchev–Trinajstić information content (AvgIpc) is 2.67. The van der Waals surface area contributed by atoms with Crippen LogP contribution in [0.3, 0.4) is 0 Å². The molecule has 7 heteroatoms. The molecular formula is C20H16ClN3O3. The number of halogens is 1. The van der Waals surface area contributed by atoms with Gasteiger partial charge < -0.3 is 15.0 Å². The Hall–Kier alpha value is -3.30. The third-order valence-corrected chi connectivity index (χ3v) is 4.59. The lowest BCUT2D eigenvalue weighted by Crippen LogP contribution is -2.33. The van der Waals surface area contributed by atoms with Gasteiger partial charge in [-0.1, -0.05) is 41.9 Å². The first-order valence-corrected chi connectivity index (χ1v) is 8.65. The lowest BCUT2D eigenvalue weighted by Gasteiger charge is -2.14. The molecular weight excluding hydrogens is 366 g/mol. The Labute approximate surface area is 160 Å². The second-order valence-corrected chi connectivity index (χ2v) is 6.29. The predicted octanol–water partition coefficient (Wildman–Crippen LogP) is 3.20. The van der Waals surface area contributed by atoms with Crippen LogP contribution in [0.1, 0.15) is 22.3 Å². The van der Waals surface area contributed by atoms with E-state index in [1.807, 2.05) is 6.07 Å². The Balaban J connectivity index is 2.03. The third kappa shape index (κ3) is 3.64. The topological polar surface area (TPSA) is 95.1 Å². The van der Waals surface area contributed by atoms with E-state index in [2.05, 4.69) is 5.32 Å². The summed E-state index contributed by atoms with van der Waals surface area (Å²) in [5.41, 5.74) is 0.173. The fourth-order valence-corrected chi connectivity index (χ4v) is 3.09. The number of rotatable bonds is 5. The second-order valence-electron chi connectivity index (χ2n) is 5.88. The number of nitrogens with zero attached hydrogens (tertiary/aromatic N) is 2. The number of pyridine rings is 1. The van der Waals surface area contributed by atoms with Gasteiger partial charge in [0.15, 0.2) is 0 Å². The maximum atomic E-state index is 12.8. The van der Waals surface area contributed by atoms with Crippen LogP contribution in [0, 0.1) is 11.3 Å². The smallest absolute Gasteiger partial charge is 0.267 e. The van der Waals surface area contributed by atoms with Gasteiger partial charge in [-0.15, -0.1) is 0 Å². The number of nitrogens with one attached hydrogen (secondary N) is 1. The van der Waals surface area contributed by atoms with Gasteiger partial charge in [0.1, 0.15) is 11.3 Å². The van der Waals surface area contributed by atoms with E-state index in [-0.39, 0.29) is 30.8 Å². The first-order chi connectivity index (χ1) is 13.0. The Kier molecular flexibility index (Phi) is 5.43. The van der Waals surface area contributed by atoms with E-state index in [0.717, 1.165) is 0 Å². The first kappa shape index (κ1) is 18.5. The zero-order valence-electron chi connectivity index (χ0n) is 14.3. The number of para-hydroxylation sites is 1. The predicted molar refractivity (Wildman–Crippen MR) is 103 cm³/mol. The normalized spacial score (nSPS) is 10.5. The van der Waals surface area contributed by atoms with Crippen molar-refractivity contribution in [3.05, 3.63) is 75.0 Å². The van der Waals surface area contributed by atoms with Gasteiger partial charge in [0, 0.05) is 23.5 Å². The highest BCUT2D eigenvalue weighted by Crippen LogP contribution is 2.26. The minimum absolute atomic E-state index is 0.107. The van der Waals surface area contributed by atoms with E-state index in [4.69, 9.17) is 16.9 Å². The molecule has 27 heavy (non-hydrogen) atoms. The zero-order valence-corrected chi connectivity index (χ0v) is 15.0. The monoisotopic (exact) mass is 381 g/mol. The van der Waals surface area contributed by atoms with Crippen LogP contribution in [-0.4, -0.2) is 15.6 Å². The molecule has 0 aliphatic rings. The van der Waals surface area contributed by atoms with Crippen molar-refractivity contribution in [2.45, 2.75) is 19.5 Å². The van der Waals surface area contributed by atoms with Crippen molar-refractivity contribution in [1.82, 2.24) is 9.88 Å². The highest BCUT2D eigenvalue weighted by molar-refractivity contribution is 6.31. The summed E-state index contributed by atoms with van der Waals surface area (Å²) in [6.07, 6.45) is 0.107. The van der Waals surface area contributed by atoms with Crippen LogP contribution in [0.25, 0.3) is 10.9 Å². The van der Waals surface area contributed by atoms with Crippen molar-refractivity contribution in [2.24, 2.45) is 0 Å². The largest absolute Gasteiger partial charge is 0.506 e. The Morgan fingerprint density at radius 3 is 2.63 bits per heavy atom. The molecule has 0 bridgehead atoms. The highest BCUT2D eigenvalue weighted by atomic mass is 35.5. The molecule has 0 unspecified atom stereocenters. The quantitative estimate of drug-likeness (QED) is 0.709. The molecule has 0 fully saturated rings. The molecule has 1 aromatic heterocycles. The molecule has 1 heterocycles. The van der Waals surface area contributed by atoms with Gasteiger partial charge in [0.2, 0.25) is 0 Å². The number of carbonyl (C=O) groups excluding carboxylic acids is 1. The van der Waals surface area contributed by atoms with Crippen LogP contribution in [0.4, 0.5) is 0 Å². The number of fused-ring (bicyclic) bond motifs is 1. The lowest BCUT2D eigenvalue weighted by molar-refractivity contribution is 0.0946. The fraction of sp³-hybridized carbons (Fsp3) is 0.150. The van der Waals surface area contributed by atoms with Crippen LogP contribution in [0.2, 0.25) is 5.02 Å². The fourth-order valence-electron chi connectivity index (χ4n) is 2.88. The van der Waals surface area contributed by atoms with E-state index >= 15 is 0 Å². The van der Waals surface area contributed by atoms with Gasteiger partial charge in [-0.05, 0) is 23.8 Å². The van der Waals surface area contributed by atoms with E-state index in [9.17, 15) is 14.7 Å². The molecule has 0 aliphatic heterocycles. The second kappa shape index (κ2) is 7.94. The standard InChI is InChI=1S/C20H16ClN3O3/c21-15-8-3-1-6-13(15)12-23-19(26)17-18(25)14-7-2-4-9-16(14)24(20(17)27)11-5-10-22/h1-4,6-9,25H,5,11-12H2,(H,23,26). The number of hydrogen-bond acceptors (Lipinski definition) is 4. The van der Waals surface area contributed by atoms with Crippen molar-refractivity contribution in [1.29, 1.82) is 5.26 Å². The van der Waals surface area contributed by atoms with E-state index in [1.165, 1.54) is 4.57 Å². The van der Waals surface area contributed by atoms with E-state index < -0.39 is 11.5 Å². The molecule has 0 saturated heterocycles. The number of aromatic nitrogens is 1. The average molecular weight is 382 g/mol. The molecule has 3 rings (SSSR count). The maximum absolute atomic E-state index is 12.8. The zero-order chi connectivity index (χ0) is 19.4. The molecule has 3 aromatic rings. The molecule has 2 N–H and O–H groups in total. The van der Waals surface area contributed by atoms with Crippen LogP contribution in [0.15, 0.2) is 53.3 Å². The summed E-state index contributed by atoms with van der Waals surface area (Å²) in [5, 5.41) is 22.9. The summed E-state index contributed by atoms with van der Waals surface area (Å²) in [5.74, 6) is -1.07. The maximum Gasteiger partial charge on any atom is 0.267 e. The number of benzene rings is 2. The number of aryl methyl sites for hydroxylation is 1. The van der Waals surface area contributed by atoms with E-state index in [0.29, 0.717) is 21.5 Å². The number of nitriles is 1. The van der Waals surface area contributed by atoms with Gasteiger partial charge in [-0.2, -0.15) is 5.26 Å². The minimum atomic E-state index is -0.700. The molecule has 136 valence electrons. The van der Waals surface area contributed by atoms with E-state index in [1.54, 1.807) is 48.5 Å². The van der Waals surface area contributed by atoms with Gasteiger partial charge in [0.25, 0.3) is 11.5 Å². The van der Waals surface area contributed by atoms with Gasteiger partial charge in [0.05, 0.1) is 18.0 Å². The Morgan fingerprint density at radius 1 is 1.19 bits per heavy atom. The van der Waals surface area contributed by atoms with Gasteiger partial charge >= 0.3 is 0 Å². The SMILES string of the molecule is N#CCCn1c(=O)c(C(=O)NCc2ccccc2Cl)c(O)c2ccccc21. The number of aromatic hydroxyl groups is 1.